The molecule has 2 aromatic carbocycles. The SMILES string of the molecule is CC[C@H](C)[C@H](NC(=O)[C@@H](N)CCCCN)C(=O)N[C@@H](Cc1ccccc1)C(=O)NCC(=O)N[C@@H](CO)C(=O)N[C@@H](CC(C)C)C(=O)N[C@@H](CCCN=C(N)N)C(=O)N[C@@H](Cc1ccccc1)C(=O)N[C@@H](CC(C)C)C(=O)O. The number of aliphatic imine (C=N–C) groups is 1. The molecule has 2 rings (SSSR count). The summed E-state index contributed by atoms with van der Waals surface area (Å²) in [6.45, 7) is 9.60. The van der Waals surface area contributed by atoms with Gasteiger partial charge in [0.05, 0.1) is 19.2 Å². The zero-order chi connectivity index (χ0) is 57.6. The van der Waals surface area contributed by atoms with Gasteiger partial charge in [-0.1, -0.05) is 115 Å². The summed E-state index contributed by atoms with van der Waals surface area (Å²) < 4.78 is 0. The summed E-state index contributed by atoms with van der Waals surface area (Å²) in [5.74, 6) is -8.43. The highest BCUT2D eigenvalue weighted by Gasteiger charge is 2.35. The van der Waals surface area contributed by atoms with Gasteiger partial charge in [0.15, 0.2) is 5.96 Å². The minimum Gasteiger partial charge on any atom is -0.480 e. The van der Waals surface area contributed by atoms with Gasteiger partial charge in [0, 0.05) is 19.4 Å². The van der Waals surface area contributed by atoms with E-state index < -0.39 is 115 Å². The molecule has 0 fully saturated rings. The number of hydrogen-bond donors (Lipinski definition) is 14. The molecule has 8 amide bonds. The van der Waals surface area contributed by atoms with Gasteiger partial charge in [-0.3, -0.25) is 43.3 Å². The largest absolute Gasteiger partial charge is 0.480 e. The first-order chi connectivity index (χ1) is 36.5. The Bertz CT molecular complexity index is 2230. The van der Waals surface area contributed by atoms with E-state index in [2.05, 4.69) is 47.5 Å². The fourth-order valence-electron chi connectivity index (χ4n) is 7.97. The molecule has 2 aromatic rings. The number of carboxylic acid groups (broad SMARTS) is 1. The van der Waals surface area contributed by atoms with Gasteiger partial charge in [-0.05, 0) is 74.0 Å². The Morgan fingerprint density at radius 3 is 1.56 bits per heavy atom. The minimum atomic E-state index is -1.63. The number of aliphatic carboxylic acids is 1. The lowest BCUT2D eigenvalue weighted by Gasteiger charge is -2.28. The van der Waals surface area contributed by atoms with Gasteiger partial charge in [0.25, 0.3) is 0 Å². The van der Waals surface area contributed by atoms with Crippen molar-refractivity contribution < 1.29 is 53.4 Å². The van der Waals surface area contributed by atoms with Gasteiger partial charge in [-0.25, -0.2) is 4.79 Å². The third kappa shape index (κ3) is 25.5. The topological polar surface area (TPSA) is 407 Å². The lowest BCUT2D eigenvalue weighted by atomic mass is 9.96. The van der Waals surface area contributed by atoms with Gasteiger partial charge in [-0.15, -0.1) is 0 Å². The molecule has 77 heavy (non-hydrogen) atoms. The number of aliphatic hydroxyl groups is 1. The second kappa shape index (κ2) is 35.2. The molecule has 9 atom stereocenters. The third-order valence-electron chi connectivity index (χ3n) is 12.4. The van der Waals surface area contributed by atoms with Crippen molar-refractivity contribution >= 4 is 59.2 Å². The molecule has 0 bridgehead atoms. The van der Waals surface area contributed by atoms with Crippen molar-refractivity contribution in [2.24, 2.45) is 45.7 Å². The number of carbonyl (C=O) groups is 9. The van der Waals surface area contributed by atoms with Crippen LogP contribution in [0.1, 0.15) is 104 Å². The first-order valence-electron chi connectivity index (χ1n) is 26.3. The number of amides is 8. The van der Waals surface area contributed by atoms with Crippen LogP contribution < -0.4 is 65.5 Å². The normalized spacial score (nSPS) is 14.6. The van der Waals surface area contributed by atoms with Crippen LogP contribution in [-0.2, 0) is 56.0 Å². The van der Waals surface area contributed by atoms with Crippen LogP contribution in [0.4, 0.5) is 0 Å². The number of unbranched alkanes of at least 4 members (excludes halogenated alkanes) is 1. The van der Waals surface area contributed by atoms with Crippen molar-refractivity contribution in [1.29, 1.82) is 0 Å². The number of benzene rings is 2. The minimum absolute atomic E-state index is 0.00514. The van der Waals surface area contributed by atoms with Gasteiger partial charge in [0.2, 0.25) is 47.3 Å². The van der Waals surface area contributed by atoms with E-state index >= 15 is 0 Å². The highest BCUT2D eigenvalue weighted by atomic mass is 16.4. The number of nitrogens with two attached hydrogens (primary N) is 4. The number of nitrogens with one attached hydrogen (secondary N) is 8. The molecule has 0 saturated heterocycles. The van der Waals surface area contributed by atoms with Crippen LogP contribution in [-0.4, -0.2) is 144 Å². The number of carbonyl (C=O) groups excluding carboxylic acids is 8. The molecular formula is C53H85N13O11. The summed E-state index contributed by atoms with van der Waals surface area (Å²) in [5, 5.41) is 40.9. The van der Waals surface area contributed by atoms with Gasteiger partial charge in [0.1, 0.15) is 42.3 Å². The number of carboxylic acids is 1. The molecular weight excluding hydrogens is 995 g/mol. The van der Waals surface area contributed by atoms with Crippen molar-refractivity contribution in [2.75, 3.05) is 26.2 Å². The van der Waals surface area contributed by atoms with Gasteiger partial charge >= 0.3 is 5.97 Å². The molecule has 0 unspecified atom stereocenters. The Morgan fingerprint density at radius 2 is 1.04 bits per heavy atom. The maximum Gasteiger partial charge on any atom is 0.326 e. The summed E-state index contributed by atoms with van der Waals surface area (Å²) in [7, 11) is 0. The van der Waals surface area contributed by atoms with Gasteiger partial charge < -0.3 is 75.7 Å². The predicted octanol–water partition coefficient (Wildman–Crippen LogP) is -1.29. The third-order valence-corrected chi connectivity index (χ3v) is 12.4. The zero-order valence-electron chi connectivity index (χ0n) is 45.3. The lowest BCUT2D eigenvalue weighted by molar-refractivity contribution is -0.142. The molecule has 0 heterocycles. The molecule has 0 spiro atoms. The fraction of sp³-hybridized carbons (Fsp3) is 0.585. The van der Waals surface area contributed by atoms with E-state index in [1.54, 1.807) is 95.3 Å². The molecule has 18 N–H and O–H groups in total. The number of guanidine groups is 1. The number of nitrogens with zero attached hydrogens (tertiary/aromatic N) is 1. The van der Waals surface area contributed by atoms with Crippen LogP contribution in [0, 0.1) is 17.8 Å². The number of rotatable bonds is 36. The van der Waals surface area contributed by atoms with E-state index in [4.69, 9.17) is 22.9 Å². The summed E-state index contributed by atoms with van der Waals surface area (Å²) >= 11 is 0. The Labute approximate surface area is 451 Å². The standard InChI is InChI=1S/C53H85N13O11/c1-7-33(6)44(66-45(69)36(55)21-14-15-23-54)51(75)64-39(27-34-17-10-8-11-18-34)46(70)59-29-43(68)60-42(30-67)50(74)62-38(25-31(2)3)48(72)61-37(22-16-24-58-53(56)57)47(71)63-40(28-35-19-12-9-13-20-35)49(73)65-41(52(76)77)26-32(4)5/h8-13,17-20,31-33,36-42,44,67H,7,14-16,21-30,54-55H2,1-6H3,(H,59,70)(H,60,68)(H,61,72)(H,62,74)(H,63,71)(H,64,75)(H,65,73)(H,66,69)(H,76,77)(H4,56,57,58)/t33-,36-,37-,38-,39-,40-,41-,42-,44-/m0/s1. The van der Waals surface area contributed by atoms with Crippen LogP contribution in [0.3, 0.4) is 0 Å². The summed E-state index contributed by atoms with van der Waals surface area (Å²) in [6.07, 6.45) is 2.34. The fourth-order valence-corrected chi connectivity index (χ4v) is 7.97. The van der Waals surface area contributed by atoms with E-state index in [0.717, 1.165) is 0 Å². The summed E-state index contributed by atoms with van der Waals surface area (Å²) in [5.41, 5.74) is 24.0. The van der Waals surface area contributed by atoms with E-state index in [9.17, 15) is 53.4 Å². The Kier molecular flexibility index (Phi) is 30.1. The first-order valence-corrected chi connectivity index (χ1v) is 26.3. The van der Waals surface area contributed by atoms with E-state index in [1.165, 1.54) is 0 Å². The zero-order valence-corrected chi connectivity index (χ0v) is 45.3. The Hall–Kier alpha value is -7.18. The highest BCUT2D eigenvalue weighted by Crippen LogP contribution is 2.14. The van der Waals surface area contributed by atoms with E-state index in [1.807, 2.05) is 6.92 Å². The van der Waals surface area contributed by atoms with Crippen molar-refractivity contribution in [3.63, 3.8) is 0 Å². The Morgan fingerprint density at radius 1 is 0.558 bits per heavy atom. The molecule has 0 saturated carbocycles. The number of hydrogen-bond acceptors (Lipinski definition) is 13. The van der Waals surface area contributed by atoms with Crippen molar-refractivity contribution in [3.05, 3.63) is 71.8 Å². The molecule has 0 aliphatic heterocycles. The van der Waals surface area contributed by atoms with Crippen molar-refractivity contribution in [1.82, 2.24) is 42.5 Å². The quantitative estimate of drug-likeness (QED) is 0.0214. The molecule has 428 valence electrons. The molecule has 0 radical (unpaired) electrons. The Balaban J connectivity index is 2.31. The molecule has 24 heteroatoms. The van der Waals surface area contributed by atoms with Crippen molar-refractivity contribution in [3.8, 4) is 0 Å². The van der Waals surface area contributed by atoms with Crippen LogP contribution in [0.5, 0.6) is 0 Å². The highest BCUT2D eigenvalue weighted by molar-refractivity contribution is 5.97. The second-order valence-electron chi connectivity index (χ2n) is 20.0. The van der Waals surface area contributed by atoms with E-state index in [0.29, 0.717) is 43.4 Å². The molecule has 0 aromatic heterocycles. The maximum atomic E-state index is 14.2. The monoisotopic (exact) mass is 1080 g/mol. The van der Waals surface area contributed by atoms with Crippen LogP contribution >= 0.6 is 0 Å². The van der Waals surface area contributed by atoms with E-state index in [-0.39, 0.29) is 68.8 Å². The lowest BCUT2D eigenvalue weighted by Crippen LogP contribution is -2.60. The molecule has 0 aliphatic carbocycles. The number of aliphatic hydroxyl groups excluding tert-OH is 1. The first kappa shape index (κ1) is 65.9. The predicted molar refractivity (Wildman–Crippen MR) is 291 cm³/mol. The van der Waals surface area contributed by atoms with Crippen LogP contribution in [0.25, 0.3) is 0 Å². The average molecular weight is 1080 g/mol. The average Bonchev–Trinajstić information content (AvgIpc) is 3.38. The van der Waals surface area contributed by atoms with Crippen LogP contribution in [0.2, 0.25) is 0 Å². The van der Waals surface area contributed by atoms with Gasteiger partial charge in [-0.2, -0.15) is 0 Å². The smallest absolute Gasteiger partial charge is 0.326 e. The molecule has 24 nitrogen and oxygen atoms in total. The van der Waals surface area contributed by atoms with Crippen LogP contribution in [0.15, 0.2) is 65.7 Å². The molecule has 0 aliphatic rings. The summed E-state index contributed by atoms with van der Waals surface area (Å²) in [4.78, 5) is 126. The van der Waals surface area contributed by atoms with Crippen molar-refractivity contribution in [2.45, 2.75) is 154 Å². The summed E-state index contributed by atoms with van der Waals surface area (Å²) in [6, 6.07) is 7.39. The maximum absolute atomic E-state index is 14.2. The second-order valence-corrected chi connectivity index (χ2v) is 20.0.